The van der Waals surface area contributed by atoms with Crippen LogP contribution in [0.3, 0.4) is 0 Å². The van der Waals surface area contributed by atoms with Gasteiger partial charge < -0.3 is 10.8 Å². The summed E-state index contributed by atoms with van der Waals surface area (Å²) in [5, 5.41) is 19.6. The highest BCUT2D eigenvalue weighted by Crippen LogP contribution is 2.23. The highest BCUT2D eigenvalue weighted by atomic mass is 32.2. The molecule has 0 amide bonds. The summed E-state index contributed by atoms with van der Waals surface area (Å²) in [5.41, 5.74) is 5.06. The van der Waals surface area contributed by atoms with Gasteiger partial charge in [0.1, 0.15) is 0 Å². The van der Waals surface area contributed by atoms with Crippen LogP contribution in [0.4, 0.5) is 11.4 Å². The van der Waals surface area contributed by atoms with E-state index in [9.17, 15) is 14.9 Å². The Morgan fingerprint density at radius 3 is 2.65 bits per heavy atom. The van der Waals surface area contributed by atoms with E-state index >= 15 is 0 Å². The number of rotatable bonds is 3. The summed E-state index contributed by atoms with van der Waals surface area (Å²) in [6.07, 6.45) is 1.69. The molecule has 1 aromatic rings. The molecule has 90 valence electrons. The maximum absolute atomic E-state index is 10.8. The minimum Gasteiger partial charge on any atom is -0.478 e. The van der Waals surface area contributed by atoms with E-state index in [1.165, 1.54) is 6.07 Å². The van der Waals surface area contributed by atoms with Crippen LogP contribution in [0.25, 0.3) is 0 Å². The van der Waals surface area contributed by atoms with Gasteiger partial charge in [0.25, 0.3) is 5.69 Å². The zero-order valence-electron chi connectivity index (χ0n) is 8.78. The fourth-order valence-corrected chi connectivity index (χ4v) is 1.26. The number of non-ortho nitro benzene ring substituents is 1. The van der Waals surface area contributed by atoms with Gasteiger partial charge in [-0.1, -0.05) is 11.8 Å². The monoisotopic (exact) mass is 255 g/mol. The van der Waals surface area contributed by atoms with Gasteiger partial charge in [-0.05, 0) is 12.3 Å². The molecule has 0 saturated carbocycles. The molecule has 7 nitrogen and oxygen atoms in total. The number of benzene rings is 1. The van der Waals surface area contributed by atoms with Crippen LogP contribution in [0.15, 0.2) is 23.2 Å². The van der Waals surface area contributed by atoms with Crippen LogP contribution >= 0.6 is 11.8 Å². The fourth-order valence-electron chi connectivity index (χ4n) is 1.06. The Kier molecular flexibility index (Phi) is 4.05. The maximum Gasteiger partial charge on any atom is 0.336 e. The second-order valence-corrected chi connectivity index (χ2v) is 3.78. The number of nitro groups is 1. The molecule has 0 bridgehead atoms. The average molecular weight is 255 g/mol. The van der Waals surface area contributed by atoms with Crippen LogP contribution in [0.2, 0.25) is 0 Å². The van der Waals surface area contributed by atoms with Crippen LogP contribution in [0.5, 0.6) is 0 Å². The van der Waals surface area contributed by atoms with Crippen molar-refractivity contribution >= 4 is 34.3 Å². The minimum absolute atomic E-state index is 0.142. The lowest BCUT2D eigenvalue weighted by atomic mass is 10.2. The molecule has 17 heavy (non-hydrogen) atoms. The largest absolute Gasteiger partial charge is 0.478 e. The van der Waals surface area contributed by atoms with E-state index in [1.807, 2.05) is 0 Å². The molecule has 1 rings (SSSR count). The predicted molar refractivity (Wildman–Crippen MR) is 64.9 cm³/mol. The van der Waals surface area contributed by atoms with Crippen molar-refractivity contribution in [2.24, 2.45) is 10.7 Å². The predicted octanol–water partition coefficient (Wildman–Crippen LogP) is 1.60. The summed E-state index contributed by atoms with van der Waals surface area (Å²) < 4.78 is 0. The quantitative estimate of drug-likeness (QED) is 0.366. The van der Waals surface area contributed by atoms with E-state index in [0.717, 1.165) is 23.9 Å². The number of amidine groups is 1. The zero-order valence-corrected chi connectivity index (χ0v) is 9.60. The molecule has 8 heteroatoms. The van der Waals surface area contributed by atoms with Gasteiger partial charge in [-0.3, -0.25) is 10.1 Å². The Labute approximate surface area is 100 Å². The third-order valence-corrected chi connectivity index (χ3v) is 2.32. The second-order valence-electron chi connectivity index (χ2n) is 2.95. The molecule has 0 aliphatic carbocycles. The average Bonchev–Trinajstić information content (AvgIpc) is 2.28. The van der Waals surface area contributed by atoms with E-state index in [4.69, 9.17) is 10.8 Å². The van der Waals surface area contributed by atoms with Crippen molar-refractivity contribution in [2.45, 2.75) is 0 Å². The molecule has 0 heterocycles. The highest BCUT2D eigenvalue weighted by Gasteiger charge is 2.13. The van der Waals surface area contributed by atoms with Crippen molar-refractivity contribution in [2.75, 3.05) is 6.26 Å². The summed E-state index contributed by atoms with van der Waals surface area (Å²) in [6.45, 7) is 0. The topological polar surface area (TPSA) is 119 Å². The van der Waals surface area contributed by atoms with Crippen molar-refractivity contribution in [1.82, 2.24) is 0 Å². The molecule has 0 aromatic heterocycles. The molecule has 0 aliphatic heterocycles. The summed E-state index contributed by atoms with van der Waals surface area (Å²) in [6, 6.07) is 3.35. The van der Waals surface area contributed by atoms with Gasteiger partial charge in [0.15, 0.2) is 5.17 Å². The Balaban J connectivity index is 3.31. The van der Waals surface area contributed by atoms with E-state index in [1.54, 1.807) is 6.26 Å². The second kappa shape index (κ2) is 5.30. The number of nitro benzene ring substituents is 1. The zero-order chi connectivity index (χ0) is 13.0. The Morgan fingerprint density at radius 2 is 2.18 bits per heavy atom. The molecule has 0 unspecified atom stereocenters. The molecule has 0 atom stereocenters. The summed E-state index contributed by atoms with van der Waals surface area (Å²) in [4.78, 5) is 24.6. The number of carbonyl (C=O) groups is 1. The Hall–Kier alpha value is -2.09. The Bertz CT molecular complexity index is 469. The van der Waals surface area contributed by atoms with Gasteiger partial charge >= 0.3 is 5.97 Å². The molecule has 0 fully saturated rings. The first-order valence-electron chi connectivity index (χ1n) is 4.35. The lowest BCUT2D eigenvalue weighted by molar-refractivity contribution is -0.384. The number of hydrogen-bond donors (Lipinski definition) is 2. The highest BCUT2D eigenvalue weighted by molar-refractivity contribution is 8.13. The first-order valence-corrected chi connectivity index (χ1v) is 5.57. The van der Waals surface area contributed by atoms with Crippen LogP contribution in [0.1, 0.15) is 10.4 Å². The normalized spacial score (nSPS) is 11.2. The summed E-state index contributed by atoms with van der Waals surface area (Å²) >= 11 is 1.16. The third kappa shape index (κ3) is 3.45. The molecule has 3 N–H and O–H groups in total. The lowest BCUT2D eigenvalue weighted by Gasteiger charge is -2.00. The number of aliphatic imine (C=N–C) groups is 1. The summed E-state index contributed by atoms with van der Waals surface area (Å²) in [7, 11) is 0. The van der Waals surface area contributed by atoms with Gasteiger partial charge in [-0.2, -0.15) is 0 Å². The molecule has 0 aliphatic rings. The fraction of sp³-hybridized carbons (Fsp3) is 0.111. The van der Waals surface area contributed by atoms with Crippen LogP contribution < -0.4 is 5.73 Å². The SMILES string of the molecule is CSC(N)=Nc1cc(C(=O)O)cc([N+](=O)[O-])c1. The van der Waals surface area contributed by atoms with E-state index < -0.39 is 10.9 Å². The smallest absolute Gasteiger partial charge is 0.336 e. The van der Waals surface area contributed by atoms with Gasteiger partial charge in [0.2, 0.25) is 0 Å². The lowest BCUT2D eigenvalue weighted by Crippen LogP contribution is -2.04. The van der Waals surface area contributed by atoms with E-state index in [-0.39, 0.29) is 22.1 Å². The van der Waals surface area contributed by atoms with Crippen molar-refractivity contribution in [3.05, 3.63) is 33.9 Å². The number of hydrogen-bond acceptors (Lipinski definition) is 5. The Morgan fingerprint density at radius 1 is 1.53 bits per heavy atom. The van der Waals surface area contributed by atoms with Gasteiger partial charge in [-0.15, -0.1) is 0 Å². The number of thioether (sulfide) groups is 1. The van der Waals surface area contributed by atoms with Gasteiger partial charge in [0, 0.05) is 12.1 Å². The van der Waals surface area contributed by atoms with Crippen molar-refractivity contribution in [1.29, 1.82) is 0 Å². The standard InChI is InChI=1S/C9H9N3O4S/c1-17-9(10)11-6-2-5(8(13)14)3-7(4-6)12(15)16/h2-4H,1H3,(H2,10,11)(H,13,14). The first kappa shape index (κ1) is 13.0. The first-order chi connectivity index (χ1) is 7.93. The van der Waals surface area contributed by atoms with Crippen LogP contribution in [-0.4, -0.2) is 27.4 Å². The van der Waals surface area contributed by atoms with Gasteiger partial charge in [-0.25, -0.2) is 9.79 Å². The molecule has 1 aromatic carbocycles. The number of aromatic carboxylic acids is 1. The molecular formula is C9H9N3O4S. The van der Waals surface area contributed by atoms with Crippen LogP contribution in [0, 0.1) is 10.1 Å². The number of nitrogens with zero attached hydrogens (tertiary/aromatic N) is 2. The van der Waals surface area contributed by atoms with Crippen molar-refractivity contribution < 1.29 is 14.8 Å². The molecular weight excluding hydrogens is 246 g/mol. The third-order valence-electron chi connectivity index (χ3n) is 1.81. The minimum atomic E-state index is -1.26. The van der Waals surface area contributed by atoms with Crippen LogP contribution in [-0.2, 0) is 0 Å². The number of carboxylic acids is 1. The molecule has 0 spiro atoms. The number of carboxylic acid groups (broad SMARTS) is 1. The number of nitrogens with two attached hydrogens (primary N) is 1. The van der Waals surface area contributed by atoms with Crippen molar-refractivity contribution in [3.8, 4) is 0 Å². The van der Waals surface area contributed by atoms with Gasteiger partial charge in [0.05, 0.1) is 16.2 Å². The van der Waals surface area contributed by atoms with E-state index in [0.29, 0.717) is 0 Å². The maximum atomic E-state index is 10.8. The molecule has 0 radical (unpaired) electrons. The van der Waals surface area contributed by atoms with E-state index in [2.05, 4.69) is 4.99 Å². The molecule has 0 saturated heterocycles. The summed E-state index contributed by atoms with van der Waals surface area (Å²) in [5.74, 6) is -1.26. The van der Waals surface area contributed by atoms with Crippen molar-refractivity contribution in [3.63, 3.8) is 0 Å².